The number of rotatable bonds is 4. The average molecular weight is 375 g/mol. The van der Waals surface area contributed by atoms with Gasteiger partial charge in [0.05, 0.1) is 19.1 Å². The fourth-order valence-corrected chi connectivity index (χ4v) is 4.49. The Kier molecular flexibility index (Phi) is 4.95. The topological polar surface area (TPSA) is 120 Å². The van der Waals surface area contributed by atoms with E-state index in [1.54, 1.807) is 6.07 Å². The maximum atomic E-state index is 13.1. The highest BCUT2D eigenvalue weighted by Gasteiger charge is 2.37. The molecule has 0 saturated carbocycles. The summed E-state index contributed by atoms with van der Waals surface area (Å²) >= 11 is 1.45. The van der Waals surface area contributed by atoms with Gasteiger partial charge in [0.2, 0.25) is 0 Å². The molecule has 0 radical (unpaired) electrons. The van der Waals surface area contributed by atoms with Crippen molar-refractivity contribution < 1.29 is 24.2 Å². The van der Waals surface area contributed by atoms with E-state index in [2.05, 4.69) is 10.1 Å². The molecule has 0 aromatic carbocycles. The molecule has 0 spiro atoms. The second-order valence-electron chi connectivity index (χ2n) is 5.97. The SMILES string of the molecule is COC(=O)/C(C#N)=C1\Nc2sc3c(c2C(=O)N1CCC(=O)O)CCCC3. The molecule has 2 N–H and O–H groups in total. The number of carbonyl (C=O) groups excluding carboxylic acids is 2. The number of anilines is 1. The molecule has 0 fully saturated rings. The Balaban J connectivity index is 2.12. The smallest absolute Gasteiger partial charge is 0.352 e. The first-order valence-electron chi connectivity index (χ1n) is 8.15. The number of ether oxygens (including phenoxy) is 1. The summed E-state index contributed by atoms with van der Waals surface area (Å²) in [5.41, 5.74) is 1.16. The summed E-state index contributed by atoms with van der Waals surface area (Å²) in [6, 6.07) is 1.76. The number of aliphatic carboxylic acids is 1. The normalized spacial score (nSPS) is 17.5. The molecule has 2 aliphatic rings. The number of hydrogen-bond donors (Lipinski definition) is 2. The molecule has 136 valence electrons. The van der Waals surface area contributed by atoms with Gasteiger partial charge in [-0.3, -0.25) is 14.5 Å². The fraction of sp³-hybridized carbons (Fsp3) is 0.412. The maximum absolute atomic E-state index is 13.1. The Bertz CT molecular complexity index is 864. The zero-order chi connectivity index (χ0) is 18.8. The van der Waals surface area contributed by atoms with Crippen molar-refractivity contribution in [1.82, 2.24) is 4.90 Å². The first-order chi connectivity index (χ1) is 12.5. The van der Waals surface area contributed by atoms with Gasteiger partial charge in [0.1, 0.15) is 16.9 Å². The molecule has 1 aliphatic carbocycles. The van der Waals surface area contributed by atoms with Crippen LogP contribution in [0.15, 0.2) is 11.4 Å². The molecule has 0 saturated heterocycles. The van der Waals surface area contributed by atoms with E-state index in [0.717, 1.165) is 48.1 Å². The molecule has 1 aliphatic heterocycles. The van der Waals surface area contributed by atoms with E-state index in [-0.39, 0.29) is 30.3 Å². The first kappa shape index (κ1) is 17.9. The van der Waals surface area contributed by atoms with Gasteiger partial charge in [0.25, 0.3) is 5.91 Å². The van der Waals surface area contributed by atoms with Crippen LogP contribution in [0.1, 0.15) is 40.1 Å². The van der Waals surface area contributed by atoms with Crippen molar-refractivity contribution in [3.63, 3.8) is 0 Å². The number of amides is 1. The number of thiophene rings is 1. The van der Waals surface area contributed by atoms with Gasteiger partial charge < -0.3 is 15.2 Å². The molecule has 2 heterocycles. The molecule has 0 unspecified atom stereocenters. The predicted octanol–water partition coefficient (Wildman–Crippen LogP) is 1.88. The number of carbonyl (C=O) groups is 3. The molecule has 9 heteroatoms. The van der Waals surface area contributed by atoms with Gasteiger partial charge in [-0.2, -0.15) is 5.26 Å². The van der Waals surface area contributed by atoms with Crippen molar-refractivity contribution in [3.8, 4) is 6.07 Å². The third-order valence-corrected chi connectivity index (χ3v) is 5.63. The van der Waals surface area contributed by atoms with Crippen LogP contribution in [-0.4, -0.2) is 41.5 Å². The number of fused-ring (bicyclic) bond motifs is 3. The standard InChI is InChI=1S/C17H17N3O5S/c1-25-17(24)10(8-18)14-19-15-13(9-4-2-3-5-11(9)26-15)16(23)20(14)7-6-12(21)22/h19H,2-7H2,1H3,(H,21,22)/b14-10+. The third-order valence-electron chi connectivity index (χ3n) is 4.42. The minimum absolute atomic E-state index is 0.0169. The lowest BCUT2D eigenvalue weighted by Crippen LogP contribution is -2.41. The molecular weight excluding hydrogens is 358 g/mol. The van der Waals surface area contributed by atoms with Gasteiger partial charge >= 0.3 is 11.9 Å². The Hall–Kier alpha value is -2.86. The quantitative estimate of drug-likeness (QED) is 0.468. The van der Waals surface area contributed by atoms with Crippen molar-refractivity contribution in [3.05, 3.63) is 27.4 Å². The van der Waals surface area contributed by atoms with Crippen LogP contribution in [0.25, 0.3) is 0 Å². The lowest BCUT2D eigenvalue weighted by Gasteiger charge is -2.31. The second kappa shape index (κ2) is 7.17. The van der Waals surface area contributed by atoms with Crippen LogP contribution in [0.3, 0.4) is 0 Å². The summed E-state index contributed by atoms with van der Waals surface area (Å²) < 4.78 is 4.62. The maximum Gasteiger partial charge on any atom is 0.352 e. The molecule has 1 aromatic rings. The van der Waals surface area contributed by atoms with Crippen LogP contribution in [-0.2, 0) is 27.2 Å². The number of carboxylic acid groups (broad SMARTS) is 1. The van der Waals surface area contributed by atoms with E-state index in [9.17, 15) is 19.6 Å². The number of esters is 1. The molecular formula is C17H17N3O5S. The van der Waals surface area contributed by atoms with Crippen molar-refractivity contribution in [2.24, 2.45) is 0 Å². The number of hydrogen-bond acceptors (Lipinski definition) is 7. The third kappa shape index (κ3) is 3.04. The van der Waals surface area contributed by atoms with E-state index < -0.39 is 11.9 Å². The van der Waals surface area contributed by atoms with Crippen LogP contribution in [0.4, 0.5) is 5.00 Å². The lowest BCUT2D eigenvalue weighted by atomic mass is 9.94. The Morgan fingerprint density at radius 3 is 2.77 bits per heavy atom. The van der Waals surface area contributed by atoms with Crippen LogP contribution >= 0.6 is 11.3 Å². The Labute approximate surface area is 153 Å². The van der Waals surface area contributed by atoms with Gasteiger partial charge in [-0.05, 0) is 31.2 Å². The number of aryl methyl sites for hydroxylation is 1. The van der Waals surface area contributed by atoms with E-state index >= 15 is 0 Å². The van der Waals surface area contributed by atoms with Crippen molar-refractivity contribution >= 4 is 34.2 Å². The number of carboxylic acids is 1. The number of nitrogens with one attached hydrogen (secondary N) is 1. The highest BCUT2D eigenvalue weighted by atomic mass is 32.1. The van der Waals surface area contributed by atoms with Crippen molar-refractivity contribution in [1.29, 1.82) is 5.26 Å². The molecule has 3 rings (SSSR count). The minimum Gasteiger partial charge on any atom is -0.481 e. The summed E-state index contributed by atoms with van der Waals surface area (Å²) in [5, 5.41) is 22.0. The van der Waals surface area contributed by atoms with Crippen molar-refractivity contribution in [2.45, 2.75) is 32.1 Å². The largest absolute Gasteiger partial charge is 0.481 e. The Morgan fingerprint density at radius 2 is 2.12 bits per heavy atom. The minimum atomic E-state index is -1.08. The number of nitrogens with zero attached hydrogens (tertiary/aromatic N) is 2. The average Bonchev–Trinajstić information content (AvgIpc) is 3.00. The van der Waals surface area contributed by atoms with Gasteiger partial charge in [-0.25, -0.2) is 4.79 Å². The van der Waals surface area contributed by atoms with Gasteiger partial charge in [0.15, 0.2) is 5.57 Å². The highest BCUT2D eigenvalue weighted by Crippen LogP contribution is 2.42. The summed E-state index contributed by atoms with van der Waals surface area (Å²) in [4.78, 5) is 38.3. The van der Waals surface area contributed by atoms with Crippen LogP contribution in [0, 0.1) is 11.3 Å². The van der Waals surface area contributed by atoms with Crippen molar-refractivity contribution in [2.75, 3.05) is 19.0 Å². The highest BCUT2D eigenvalue weighted by molar-refractivity contribution is 7.16. The molecule has 1 aromatic heterocycles. The van der Waals surface area contributed by atoms with E-state index in [4.69, 9.17) is 5.11 Å². The first-order valence-corrected chi connectivity index (χ1v) is 8.97. The lowest BCUT2D eigenvalue weighted by molar-refractivity contribution is -0.137. The second-order valence-corrected chi connectivity index (χ2v) is 7.07. The summed E-state index contributed by atoms with van der Waals surface area (Å²) in [6.07, 6.45) is 3.42. The van der Waals surface area contributed by atoms with Gasteiger partial charge in [-0.1, -0.05) is 0 Å². The molecule has 26 heavy (non-hydrogen) atoms. The zero-order valence-corrected chi connectivity index (χ0v) is 14.9. The van der Waals surface area contributed by atoms with E-state index in [1.807, 2.05) is 0 Å². The molecule has 0 bridgehead atoms. The van der Waals surface area contributed by atoms with Crippen LogP contribution < -0.4 is 5.32 Å². The summed E-state index contributed by atoms with van der Waals surface area (Å²) in [7, 11) is 1.14. The van der Waals surface area contributed by atoms with Crippen LogP contribution in [0.2, 0.25) is 0 Å². The van der Waals surface area contributed by atoms with E-state index in [1.165, 1.54) is 11.3 Å². The predicted molar refractivity (Wildman–Crippen MR) is 92.5 cm³/mol. The molecule has 1 amide bonds. The van der Waals surface area contributed by atoms with Gasteiger partial charge in [0, 0.05) is 11.4 Å². The zero-order valence-electron chi connectivity index (χ0n) is 14.1. The summed E-state index contributed by atoms with van der Waals surface area (Å²) in [6.45, 7) is -0.150. The number of methoxy groups -OCH3 is 1. The molecule has 0 atom stereocenters. The molecule has 8 nitrogen and oxygen atoms in total. The fourth-order valence-electron chi connectivity index (χ4n) is 3.21. The Morgan fingerprint density at radius 1 is 1.38 bits per heavy atom. The summed E-state index contributed by atoms with van der Waals surface area (Å²) in [5.74, 6) is -2.36. The van der Waals surface area contributed by atoms with Crippen LogP contribution in [0.5, 0.6) is 0 Å². The van der Waals surface area contributed by atoms with Gasteiger partial charge in [-0.15, -0.1) is 11.3 Å². The van der Waals surface area contributed by atoms with E-state index in [0.29, 0.717) is 10.6 Å². The number of nitriles is 1. The monoisotopic (exact) mass is 375 g/mol.